The van der Waals surface area contributed by atoms with Crippen LogP contribution in [0.15, 0.2) is 24.3 Å². The Balaban J connectivity index is 0. The van der Waals surface area contributed by atoms with E-state index in [-0.39, 0.29) is 23.9 Å². The van der Waals surface area contributed by atoms with Crippen molar-refractivity contribution in [2.75, 3.05) is 26.4 Å². The van der Waals surface area contributed by atoms with Gasteiger partial charge in [0.15, 0.2) is 0 Å². The zero-order chi connectivity index (χ0) is 24.8. The summed E-state index contributed by atoms with van der Waals surface area (Å²) < 4.78 is 19.4. The summed E-state index contributed by atoms with van der Waals surface area (Å²) in [7, 11) is 0. The highest BCUT2D eigenvalue weighted by molar-refractivity contribution is 5.87. The largest absolute Gasteiger partial charge is 0.466 e. The fraction of sp³-hybridized carbons (Fsp3) is 0.667. The first-order valence-corrected chi connectivity index (χ1v) is 11.0. The summed E-state index contributed by atoms with van der Waals surface area (Å²) in [5, 5.41) is 0. The smallest absolute Gasteiger partial charge is 0.333 e. The van der Waals surface area contributed by atoms with E-state index < -0.39 is 0 Å². The van der Waals surface area contributed by atoms with Crippen molar-refractivity contribution >= 4 is 23.9 Å². The van der Waals surface area contributed by atoms with E-state index in [1.54, 1.807) is 13.8 Å². The van der Waals surface area contributed by atoms with Gasteiger partial charge in [-0.05, 0) is 65.2 Å². The number of hydrogen-bond acceptors (Lipinski definition) is 8. The molecule has 0 spiro atoms. The van der Waals surface area contributed by atoms with Gasteiger partial charge in [0, 0.05) is 25.0 Å². The van der Waals surface area contributed by atoms with E-state index in [2.05, 4.69) is 13.2 Å². The van der Waals surface area contributed by atoms with Crippen molar-refractivity contribution < 1.29 is 38.1 Å². The minimum Gasteiger partial charge on any atom is -0.466 e. The number of hydrogen-bond donors (Lipinski definition) is 0. The molecule has 8 heteroatoms. The first kappa shape index (κ1) is 31.5. The monoisotopic (exact) mass is 456 g/mol. The number of esters is 4. The molecule has 0 aliphatic rings. The van der Waals surface area contributed by atoms with E-state index in [4.69, 9.17) is 18.9 Å². The van der Waals surface area contributed by atoms with Gasteiger partial charge in [-0.25, -0.2) is 9.59 Å². The lowest BCUT2D eigenvalue weighted by molar-refractivity contribution is -0.142. The van der Waals surface area contributed by atoms with Crippen LogP contribution in [0.5, 0.6) is 0 Å². The molecule has 0 rings (SSSR count). The molecule has 0 aromatic heterocycles. The average Bonchev–Trinajstić information content (AvgIpc) is 2.71. The minimum absolute atomic E-state index is 0.240. The van der Waals surface area contributed by atoms with E-state index in [1.165, 1.54) is 13.8 Å². The Morgan fingerprint density at radius 3 is 0.938 bits per heavy atom. The van der Waals surface area contributed by atoms with Crippen LogP contribution >= 0.6 is 0 Å². The Labute approximate surface area is 192 Å². The molecule has 0 atom stereocenters. The summed E-state index contributed by atoms with van der Waals surface area (Å²) in [6.07, 6.45) is 7.24. The van der Waals surface area contributed by atoms with Gasteiger partial charge in [0.05, 0.1) is 26.4 Å². The minimum atomic E-state index is -0.333. The lowest BCUT2D eigenvalue weighted by Crippen LogP contribution is -2.06. The summed E-state index contributed by atoms with van der Waals surface area (Å²) in [6.45, 7) is 14.8. The van der Waals surface area contributed by atoms with Crippen LogP contribution in [0.3, 0.4) is 0 Å². The second-order valence-electron chi connectivity index (χ2n) is 7.34. The summed E-state index contributed by atoms with van der Waals surface area (Å²) in [6, 6.07) is 0. The second kappa shape index (κ2) is 21.6. The molecule has 0 amide bonds. The van der Waals surface area contributed by atoms with Crippen LogP contribution in [0.2, 0.25) is 0 Å². The van der Waals surface area contributed by atoms with Crippen molar-refractivity contribution in [1.29, 1.82) is 0 Å². The van der Waals surface area contributed by atoms with Crippen LogP contribution in [-0.2, 0) is 38.1 Å². The van der Waals surface area contributed by atoms with E-state index >= 15 is 0 Å². The summed E-state index contributed by atoms with van der Waals surface area (Å²) in [5.41, 5.74) is 0.852. The van der Waals surface area contributed by atoms with E-state index in [0.717, 1.165) is 51.4 Å². The standard InChI is InChI=1S/2C12H20O4/c2*1-10(2)12(14)16-9-7-5-4-6-8-15-11(3)13/h2*1,4-9H2,2-3H3. The maximum absolute atomic E-state index is 11.0. The maximum atomic E-state index is 11.0. The van der Waals surface area contributed by atoms with Crippen molar-refractivity contribution in [2.45, 2.75) is 79.1 Å². The topological polar surface area (TPSA) is 105 Å². The second-order valence-corrected chi connectivity index (χ2v) is 7.34. The van der Waals surface area contributed by atoms with Crippen molar-refractivity contribution in [3.63, 3.8) is 0 Å². The third-order valence-electron chi connectivity index (χ3n) is 3.85. The third-order valence-corrected chi connectivity index (χ3v) is 3.85. The highest BCUT2D eigenvalue weighted by atomic mass is 16.5. The van der Waals surface area contributed by atoms with Crippen LogP contribution in [-0.4, -0.2) is 50.3 Å². The van der Waals surface area contributed by atoms with Gasteiger partial charge in [0.1, 0.15) is 0 Å². The molecule has 0 bridgehead atoms. The first-order valence-electron chi connectivity index (χ1n) is 11.0. The van der Waals surface area contributed by atoms with Crippen molar-refractivity contribution in [3.8, 4) is 0 Å². The molecule has 0 unspecified atom stereocenters. The highest BCUT2D eigenvalue weighted by Gasteiger charge is 2.02. The molecule has 0 aliphatic heterocycles. The van der Waals surface area contributed by atoms with Crippen molar-refractivity contribution in [3.05, 3.63) is 24.3 Å². The predicted molar refractivity (Wildman–Crippen MR) is 122 cm³/mol. The fourth-order valence-corrected chi connectivity index (χ4v) is 2.12. The summed E-state index contributed by atoms with van der Waals surface area (Å²) >= 11 is 0. The van der Waals surface area contributed by atoms with Crippen LogP contribution in [0, 0.1) is 0 Å². The SMILES string of the molecule is C=C(C)C(=O)OCCCCCCOC(C)=O.C=C(C)C(=O)OCCCCCCOC(C)=O. The molecule has 8 nitrogen and oxygen atoms in total. The molecule has 0 radical (unpaired) electrons. The Morgan fingerprint density at radius 2 is 0.719 bits per heavy atom. The molecule has 32 heavy (non-hydrogen) atoms. The first-order chi connectivity index (χ1) is 15.1. The van der Waals surface area contributed by atoms with Crippen LogP contribution in [0.1, 0.15) is 79.1 Å². The normalized spacial score (nSPS) is 9.62. The molecular weight excluding hydrogens is 416 g/mol. The molecule has 0 heterocycles. The van der Waals surface area contributed by atoms with Gasteiger partial charge in [-0.15, -0.1) is 0 Å². The van der Waals surface area contributed by atoms with Crippen LogP contribution in [0.25, 0.3) is 0 Å². The van der Waals surface area contributed by atoms with Gasteiger partial charge >= 0.3 is 23.9 Å². The zero-order valence-corrected chi connectivity index (χ0v) is 20.2. The van der Waals surface area contributed by atoms with Gasteiger partial charge in [-0.1, -0.05) is 13.2 Å². The van der Waals surface area contributed by atoms with Crippen LogP contribution in [0.4, 0.5) is 0 Å². The number of carbonyl (C=O) groups excluding carboxylic acids is 4. The molecule has 0 saturated heterocycles. The van der Waals surface area contributed by atoms with E-state index in [0.29, 0.717) is 37.6 Å². The number of ether oxygens (including phenoxy) is 4. The molecule has 0 saturated carbocycles. The van der Waals surface area contributed by atoms with Gasteiger partial charge in [0.25, 0.3) is 0 Å². The zero-order valence-electron chi connectivity index (χ0n) is 20.2. The number of unbranched alkanes of at least 4 members (excludes halogenated alkanes) is 6. The lowest BCUT2D eigenvalue weighted by Gasteiger charge is -2.04. The molecule has 0 fully saturated rings. The summed E-state index contributed by atoms with van der Waals surface area (Å²) in [4.78, 5) is 42.8. The molecule has 0 N–H and O–H groups in total. The fourth-order valence-electron chi connectivity index (χ4n) is 2.12. The Hall–Kier alpha value is -2.64. The lowest BCUT2D eigenvalue weighted by atomic mass is 10.2. The molecule has 0 aromatic rings. The molecule has 0 aliphatic carbocycles. The molecular formula is C24H40O8. The van der Waals surface area contributed by atoms with Crippen LogP contribution < -0.4 is 0 Å². The third kappa shape index (κ3) is 25.4. The van der Waals surface area contributed by atoms with Gasteiger partial charge in [-0.2, -0.15) is 0 Å². The van der Waals surface area contributed by atoms with Crippen molar-refractivity contribution in [2.24, 2.45) is 0 Å². The molecule has 0 aromatic carbocycles. The Morgan fingerprint density at radius 1 is 0.469 bits per heavy atom. The Bertz CT molecular complexity index is 543. The quantitative estimate of drug-likeness (QED) is 0.145. The molecule has 184 valence electrons. The Kier molecular flexibility index (Phi) is 21.3. The van der Waals surface area contributed by atoms with Gasteiger partial charge < -0.3 is 18.9 Å². The van der Waals surface area contributed by atoms with Crippen molar-refractivity contribution in [1.82, 2.24) is 0 Å². The maximum Gasteiger partial charge on any atom is 0.333 e. The van der Waals surface area contributed by atoms with E-state index in [9.17, 15) is 19.2 Å². The highest BCUT2D eigenvalue weighted by Crippen LogP contribution is 2.03. The number of rotatable bonds is 16. The summed E-state index contributed by atoms with van der Waals surface area (Å²) in [5.74, 6) is -1.15. The average molecular weight is 457 g/mol. The van der Waals surface area contributed by atoms with Gasteiger partial charge in [0.2, 0.25) is 0 Å². The van der Waals surface area contributed by atoms with E-state index in [1.807, 2.05) is 0 Å². The predicted octanol–water partition coefficient (Wildman–Crippen LogP) is 4.46. The van der Waals surface area contributed by atoms with Gasteiger partial charge in [-0.3, -0.25) is 9.59 Å². The number of carbonyl (C=O) groups is 4.